The van der Waals surface area contributed by atoms with Crippen molar-refractivity contribution in [3.8, 4) is 0 Å². The molecule has 0 fully saturated rings. The van der Waals surface area contributed by atoms with E-state index in [1.807, 2.05) is 0 Å². The highest BCUT2D eigenvalue weighted by Gasteiger charge is 2.19. The van der Waals surface area contributed by atoms with E-state index in [0.717, 1.165) is 24.3 Å². The van der Waals surface area contributed by atoms with Crippen LogP contribution in [-0.4, -0.2) is 20.4 Å². The molecule has 0 aliphatic carbocycles. The van der Waals surface area contributed by atoms with E-state index in [1.54, 1.807) is 0 Å². The van der Waals surface area contributed by atoms with Crippen molar-refractivity contribution in [2.75, 3.05) is 0 Å². The second-order valence-electron chi connectivity index (χ2n) is 3.20. The lowest BCUT2D eigenvalue weighted by Gasteiger charge is -2.10. The van der Waals surface area contributed by atoms with E-state index in [0.29, 0.717) is 0 Å². The summed E-state index contributed by atoms with van der Waals surface area (Å²) < 4.78 is 37.9. The Labute approximate surface area is 92.5 Å². The van der Waals surface area contributed by atoms with Crippen LogP contribution in [0.1, 0.15) is 6.92 Å². The molecule has 0 saturated carbocycles. The second kappa shape index (κ2) is 4.58. The van der Waals surface area contributed by atoms with Crippen molar-refractivity contribution in [3.63, 3.8) is 0 Å². The van der Waals surface area contributed by atoms with Gasteiger partial charge in [0.2, 0.25) is 15.9 Å². The molecule has 1 unspecified atom stereocenters. The molecule has 1 atom stereocenters. The number of benzene rings is 1. The van der Waals surface area contributed by atoms with E-state index in [-0.39, 0.29) is 4.90 Å². The maximum absolute atomic E-state index is 12.6. The summed E-state index contributed by atoms with van der Waals surface area (Å²) in [6, 6.07) is 3.22. The number of amides is 1. The average molecular weight is 246 g/mol. The van der Waals surface area contributed by atoms with Gasteiger partial charge in [-0.05, 0) is 31.2 Å². The lowest BCUT2D eigenvalue weighted by atomic mass is 10.3. The van der Waals surface area contributed by atoms with Crippen LogP contribution in [0.15, 0.2) is 29.2 Å². The Balaban J connectivity index is 2.94. The van der Waals surface area contributed by atoms with Gasteiger partial charge in [-0.25, -0.2) is 12.8 Å². The molecule has 0 aliphatic rings. The van der Waals surface area contributed by atoms with Gasteiger partial charge in [0.05, 0.1) is 10.9 Å². The van der Waals surface area contributed by atoms with Crippen molar-refractivity contribution in [2.45, 2.75) is 17.9 Å². The van der Waals surface area contributed by atoms with E-state index in [1.165, 1.54) is 6.92 Å². The zero-order valence-corrected chi connectivity index (χ0v) is 9.29. The lowest BCUT2D eigenvalue weighted by molar-refractivity contribution is -0.119. The predicted octanol–water partition coefficient (Wildman–Crippen LogP) is -0.0222. The minimum atomic E-state index is -3.84. The van der Waals surface area contributed by atoms with Gasteiger partial charge in [0.25, 0.3) is 0 Å². The molecule has 0 bridgehead atoms. The molecule has 3 N–H and O–H groups in total. The first kappa shape index (κ1) is 12.6. The van der Waals surface area contributed by atoms with Crippen LogP contribution in [0.3, 0.4) is 0 Å². The zero-order chi connectivity index (χ0) is 12.3. The SMILES string of the molecule is CC(NS(=O)(=O)c1ccc(F)cc1)C(N)=O. The van der Waals surface area contributed by atoms with Crippen LogP contribution in [-0.2, 0) is 14.8 Å². The summed E-state index contributed by atoms with van der Waals surface area (Å²) in [7, 11) is -3.84. The molecule has 0 radical (unpaired) electrons. The Morgan fingerprint density at radius 2 is 1.88 bits per heavy atom. The van der Waals surface area contributed by atoms with Crippen LogP contribution in [0.2, 0.25) is 0 Å². The number of hydrogen-bond donors (Lipinski definition) is 2. The number of hydrogen-bond acceptors (Lipinski definition) is 3. The minimum Gasteiger partial charge on any atom is -0.368 e. The molecular weight excluding hydrogens is 235 g/mol. The molecule has 0 heterocycles. The first-order valence-electron chi connectivity index (χ1n) is 4.40. The molecule has 16 heavy (non-hydrogen) atoms. The van der Waals surface area contributed by atoms with E-state index < -0.39 is 27.8 Å². The Morgan fingerprint density at radius 3 is 2.31 bits per heavy atom. The predicted molar refractivity (Wildman–Crippen MR) is 55.4 cm³/mol. The molecule has 0 aromatic heterocycles. The third-order valence-corrected chi connectivity index (χ3v) is 3.44. The molecule has 0 spiro atoms. The van der Waals surface area contributed by atoms with Crippen molar-refractivity contribution < 1.29 is 17.6 Å². The third-order valence-electron chi connectivity index (χ3n) is 1.88. The van der Waals surface area contributed by atoms with Crippen molar-refractivity contribution in [3.05, 3.63) is 30.1 Å². The largest absolute Gasteiger partial charge is 0.368 e. The third kappa shape index (κ3) is 3.01. The molecule has 1 amide bonds. The molecule has 7 heteroatoms. The van der Waals surface area contributed by atoms with Gasteiger partial charge in [-0.1, -0.05) is 0 Å². The van der Waals surface area contributed by atoms with Crippen molar-refractivity contribution in [2.24, 2.45) is 5.73 Å². The van der Waals surface area contributed by atoms with Crippen LogP contribution in [0.5, 0.6) is 0 Å². The first-order chi connectivity index (χ1) is 7.33. The van der Waals surface area contributed by atoms with Crippen molar-refractivity contribution in [1.29, 1.82) is 0 Å². The summed E-state index contributed by atoms with van der Waals surface area (Å²) in [6.45, 7) is 1.32. The number of nitrogens with two attached hydrogens (primary N) is 1. The molecule has 88 valence electrons. The number of carbonyl (C=O) groups excluding carboxylic acids is 1. The molecule has 1 aromatic rings. The Morgan fingerprint density at radius 1 is 1.38 bits per heavy atom. The second-order valence-corrected chi connectivity index (χ2v) is 4.91. The fraction of sp³-hybridized carbons (Fsp3) is 0.222. The summed E-state index contributed by atoms with van der Waals surface area (Å²) >= 11 is 0. The Kier molecular flexibility index (Phi) is 3.61. The van der Waals surface area contributed by atoms with Crippen LogP contribution < -0.4 is 10.5 Å². The zero-order valence-electron chi connectivity index (χ0n) is 8.48. The first-order valence-corrected chi connectivity index (χ1v) is 5.88. The lowest BCUT2D eigenvalue weighted by Crippen LogP contribution is -2.42. The fourth-order valence-corrected chi connectivity index (χ4v) is 2.18. The highest BCUT2D eigenvalue weighted by atomic mass is 32.2. The van der Waals surface area contributed by atoms with E-state index in [4.69, 9.17) is 5.73 Å². The number of primary amides is 1. The Hall–Kier alpha value is -1.47. The summed E-state index contributed by atoms with van der Waals surface area (Å²) in [5, 5.41) is 0. The molecule has 5 nitrogen and oxygen atoms in total. The van der Waals surface area contributed by atoms with Crippen LogP contribution in [0, 0.1) is 5.82 Å². The van der Waals surface area contributed by atoms with Gasteiger partial charge < -0.3 is 5.73 Å². The topological polar surface area (TPSA) is 89.3 Å². The van der Waals surface area contributed by atoms with Crippen LogP contribution in [0.4, 0.5) is 4.39 Å². The maximum atomic E-state index is 12.6. The number of sulfonamides is 1. The van der Waals surface area contributed by atoms with Gasteiger partial charge in [0.1, 0.15) is 5.82 Å². The molecule has 1 aromatic carbocycles. The monoisotopic (exact) mass is 246 g/mol. The van der Waals surface area contributed by atoms with E-state index >= 15 is 0 Å². The average Bonchev–Trinajstić information content (AvgIpc) is 2.17. The standard InChI is InChI=1S/C9H11FN2O3S/c1-6(9(11)13)12-16(14,15)8-4-2-7(10)3-5-8/h2-6,12H,1H3,(H2,11,13). The van der Waals surface area contributed by atoms with Crippen molar-refractivity contribution in [1.82, 2.24) is 4.72 Å². The van der Waals surface area contributed by atoms with Crippen molar-refractivity contribution >= 4 is 15.9 Å². The number of rotatable bonds is 4. The van der Waals surface area contributed by atoms with Crippen LogP contribution in [0.25, 0.3) is 0 Å². The van der Waals surface area contributed by atoms with Gasteiger partial charge in [-0.3, -0.25) is 4.79 Å². The number of carbonyl (C=O) groups is 1. The van der Waals surface area contributed by atoms with Crippen LogP contribution >= 0.6 is 0 Å². The number of nitrogens with one attached hydrogen (secondary N) is 1. The van der Waals surface area contributed by atoms with Gasteiger partial charge >= 0.3 is 0 Å². The summed E-state index contributed by atoms with van der Waals surface area (Å²) in [6.07, 6.45) is 0. The summed E-state index contributed by atoms with van der Waals surface area (Å²) in [4.78, 5) is 10.6. The highest BCUT2D eigenvalue weighted by molar-refractivity contribution is 7.89. The molecule has 0 aliphatic heterocycles. The number of halogens is 1. The van der Waals surface area contributed by atoms with E-state index in [9.17, 15) is 17.6 Å². The molecule has 0 saturated heterocycles. The van der Waals surface area contributed by atoms with Gasteiger partial charge in [0.15, 0.2) is 0 Å². The highest BCUT2D eigenvalue weighted by Crippen LogP contribution is 2.09. The van der Waals surface area contributed by atoms with E-state index in [2.05, 4.69) is 4.72 Å². The fourth-order valence-electron chi connectivity index (χ4n) is 0.973. The van der Waals surface area contributed by atoms with Gasteiger partial charge in [0, 0.05) is 0 Å². The maximum Gasteiger partial charge on any atom is 0.241 e. The summed E-state index contributed by atoms with van der Waals surface area (Å²) in [5.41, 5.74) is 4.92. The quantitative estimate of drug-likeness (QED) is 0.782. The molecule has 1 rings (SSSR count). The minimum absolute atomic E-state index is 0.123. The smallest absolute Gasteiger partial charge is 0.241 e. The van der Waals surface area contributed by atoms with Gasteiger partial charge in [-0.2, -0.15) is 4.72 Å². The van der Waals surface area contributed by atoms with Gasteiger partial charge in [-0.15, -0.1) is 0 Å². The Bertz CT molecular complexity index is 484. The summed E-state index contributed by atoms with van der Waals surface area (Å²) in [5.74, 6) is -1.33. The normalized spacial score (nSPS) is 13.4. The molecular formula is C9H11FN2O3S.